The van der Waals surface area contributed by atoms with Gasteiger partial charge in [-0.25, -0.2) is 0 Å². The van der Waals surface area contributed by atoms with E-state index in [2.05, 4.69) is 5.32 Å². The second kappa shape index (κ2) is 5.32. The van der Waals surface area contributed by atoms with Crippen LogP contribution in [0.25, 0.3) is 0 Å². The fourth-order valence-electron chi connectivity index (χ4n) is 1.96. The zero-order valence-corrected chi connectivity index (χ0v) is 10.3. The fourth-order valence-corrected chi connectivity index (χ4v) is 1.96. The summed E-state index contributed by atoms with van der Waals surface area (Å²) in [4.78, 5) is 11.7. The summed E-state index contributed by atoms with van der Waals surface area (Å²) in [5, 5.41) is 2.95. The van der Waals surface area contributed by atoms with Crippen LogP contribution in [-0.2, 0) is 4.79 Å². The number of nitrogens with one attached hydrogen (secondary N) is 1. The van der Waals surface area contributed by atoms with Gasteiger partial charge in [0.1, 0.15) is 0 Å². The van der Waals surface area contributed by atoms with E-state index in [1.807, 2.05) is 31.2 Å². The number of rotatable bonds is 5. The molecule has 92 valence electrons. The first-order valence-corrected chi connectivity index (χ1v) is 6.24. The molecule has 0 heterocycles. The molecule has 1 aromatic carbocycles. The monoisotopic (exact) mass is 232 g/mol. The van der Waals surface area contributed by atoms with Gasteiger partial charge in [-0.2, -0.15) is 0 Å². The second-order valence-corrected chi connectivity index (χ2v) is 4.91. The summed E-state index contributed by atoms with van der Waals surface area (Å²) in [5.41, 5.74) is 8.27. The number of hydrogen-bond acceptors (Lipinski definition) is 2. The van der Waals surface area contributed by atoms with Crippen LogP contribution < -0.4 is 11.1 Å². The third kappa shape index (κ3) is 3.56. The molecule has 1 aromatic rings. The van der Waals surface area contributed by atoms with Gasteiger partial charge in [0.25, 0.3) is 0 Å². The molecule has 0 saturated heterocycles. The van der Waals surface area contributed by atoms with Crippen molar-refractivity contribution in [2.24, 2.45) is 11.7 Å². The van der Waals surface area contributed by atoms with E-state index in [0.717, 1.165) is 17.7 Å². The molecular formula is C14H20N2O. The van der Waals surface area contributed by atoms with Gasteiger partial charge in [-0.05, 0) is 36.8 Å². The number of nitrogens with two attached hydrogens (primary N) is 1. The zero-order chi connectivity index (χ0) is 12.3. The van der Waals surface area contributed by atoms with Crippen LogP contribution in [0.3, 0.4) is 0 Å². The average molecular weight is 232 g/mol. The van der Waals surface area contributed by atoms with Gasteiger partial charge in [0.2, 0.25) is 5.91 Å². The molecule has 1 saturated carbocycles. The quantitative estimate of drug-likeness (QED) is 0.814. The molecule has 3 heteroatoms. The lowest BCUT2D eigenvalue weighted by atomic mass is 9.99. The summed E-state index contributed by atoms with van der Waals surface area (Å²) < 4.78 is 0. The standard InChI is InChI=1S/C14H20N2O/c1-10-4-2-3-5-12(10)13(15)8-14(17)16-9-11-6-7-11/h2-5,11,13H,6-9,15H2,1H3,(H,16,17)/t13-/m0/s1. The predicted molar refractivity (Wildman–Crippen MR) is 68.5 cm³/mol. The zero-order valence-electron chi connectivity index (χ0n) is 10.3. The molecule has 0 radical (unpaired) electrons. The minimum atomic E-state index is -0.199. The van der Waals surface area contributed by atoms with E-state index in [1.165, 1.54) is 12.8 Å². The Morgan fingerprint density at radius 3 is 2.82 bits per heavy atom. The Labute approximate surface area is 102 Å². The Hall–Kier alpha value is -1.35. The molecule has 0 spiro atoms. The minimum Gasteiger partial charge on any atom is -0.356 e. The van der Waals surface area contributed by atoms with Crippen LogP contribution in [0.2, 0.25) is 0 Å². The van der Waals surface area contributed by atoms with Crippen molar-refractivity contribution < 1.29 is 4.79 Å². The number of benzene rings is 1. The Balaban J connectivity index is 1.85. The van der Waals surface area contributed by atoms with E-state index in [0.29, 0.717) is 12.3 Å². The number of hydrogen-bond donors (Lipinski definition) is 2. The van der Waals surface area contributed by atoms with Crippen molar-refractivity contribution in [2.75, 3.05) is 6.54 Å². The van der Waals surface area contributed by atoms with Gasteiger partial charge in [-0.1, -0.05) is 24.3 Å². The molecule has 1 aliphatic carbocycles. The van der Waals surface area contributed by atoms with Crippen molar-refractivity contribution in [1.82, 2.24) is 5.32 Å². The third-order valence-corrected chi connectivity index (χ3v) is 3.28. The molecule has 1 fully saturated rings. The van der Waals surface area contributed by atoms with Crippen LogP contribution >= 0.6 is 0 Å². The summed E-state index contributed by atoms with van der Waals surface area (Å²) in [7, 11) is 0. The molecule has 3 nitrogen and oxygen atoms in total. The molecule has 3 N–H and O–H groups in total. The fraction of sp³-hybridized carbons (Fsp3) is 0.500. The maximum Gasteiger partial charge on any atom is 0.221 e. The molecule has 1 amide bonds. The first-order valence-electron chi connectivity index (χ1n) is 6.24. The maximum atomic E-state index is 11.7. The Kier molecular flexibility index (Phi) is 3.79. The van der Waals surface area contributed by atoms with Crippen molar-refractivity contribution in [1.29, 1.82) is 0 Å². The largest absolute Gasteiger partial charge is 0.356 e. The lowest BCUT2D eigenvalue weighted by molar-refractivity contribution is -0.121. The maximum absolute atomic E-state index is 11.7. The highest BCUT2D eigenvalue weighted by Gasteiger charge is 2.22. The van der Waals surface area contributed by atoms with Gasteiger partial charge >= 0.3 is 0 Å². The van der Waals surface area contributed by atoms with Crippen LogP contribution in [0.1, 0.15) is 36.4 Å². The lowest BCUT2D eigenvalue weighted by Gasteiger charge is -2.14. The van der Waals surface area contributed by atoms with Crippen molar-refractivity contribution in [3.63, 3.8) is 0 Å². The van der Waals surface area contributed by atoms with E-state index >= 15 is 0 Å². The molecule has 1 aliphatic rings. The normalized spacial score (nSPS) is 16.6. The van der Waals surface area contributed by atoms with Crippen molar-refractivity contribution >= 4 is 5.91 Å². The number of carbonyl (C=O) groups excluding carboxylic acids is 1. The van der Waals surface area contributed by atoms with E-state index < -0.39 is 0 Å². The molecule has 0 aromatic heterocycles. The topological polar surface area (TPSA) is 55.1 Å². The number of aryl methyl sites for hydroxylation is 1. The van der Waals surface area contributed by atoms with Crippen LogP contribution in [0.15, 0.2) is 24.3 Å². The van der Waals surface area contributed by atoms with Gasteiger partial charge in [0.05, 0.1) is 0 Å². The summed E-state index contributed by atoms with van der Waals surface area (Å²) in [6.45, 7) is 2.84. The highest BCUT2D eigenvalue weighted by molar-refractivity contribution is 5.76. The van der Waals surface area contributed by atoms with Crippen LogP contribution in [0.4, 0.5) is 0 Å². The van der Waals surface area contributed by atoms with Crippen molar-refractivity contribution in [3.8, 4) is 0 Å². The van der Waals surface area contributed by atoms with E-state index in [9.17, 15) is 4.79 Å². The first-order chi connectivity index (χ1) is 8.16. The van der Waals surface area contributed by atoms with Crippen LogP contribution in [-0.4, -0.2) is 12.5 Å². The summed E-state index contributed by atoms with van der Waals surface area (Å²) in [6, 6.07) is 7.77. The highest BCUT2D eigenvalue weighted by Crippen LogP contribution is 2.27. The second-order valence-electron chi connectivity index (χ2n) is 4.91. The molecule has 0 aliphatic heterocycles. The summed E-state index contributed by atoms with van der Waals surface area (Å²) in [5.74, 6) is 0.779. The number of carbonyl (C=O) groups is 1. The summed E-state index contributed by atoms with van der Waals surface area (Å²) in [6.07, 6.45) is 2.88. The molecule has 2 rings (SSSR count). The van der Waals surface area contributed by atoms with Crippen molar-refractivity contribution in [3.05, 3.63) is 35.4 Å². The minimum absolute atomic E-state index is 0.0626. The predicted octanol–water partition coefficient (Wildman–Crippen LogP) is 1.91. The van der Waals surface area contributed by atoms with E-state index in [4.69, 9.17) is 5.73 Å². The third-order valence-electron chi connectivity index (χ3n) is 3.28. The Morgan fingerprint density at radius 1 is 1.47 bits per heavy atom. The lowest BCUT2D eigenvalue weighted by Crippen LogP contribution is -2.29. The molecular weight excluding hydrogens is 212 g/mol. The average Bonchev–Trinajstić information content (AvgIpc) is 3.10. The molecule has 0 unspecified atom stereocenters. The van der Waals surface area contributed by atoms with Crippen LogP contribution in [0.5, 0.6) is 0 Å². The smallest absolute Gasteiger partial charge is 0.221 e. The van der Waals surface area contributed by atoms with Crippen LogP contribution in [0, 0.1) is 12.8 Å². The van der Waals surface area contributed by atoms with Gasteiger partial charge < -0.3 is 11.1 Å². The molecule has 0 bridgehead atoms. The Morgan fingerprint density at radius 2 is 2.18 bits per heavy atom. The molecule has 17 heavy (non-hydrogen) atoms. The highest BCUT2D eigenvalue weighted by atomic mass is 16.1. The first kappa shape index (κ1) is 12.1. The van der Waals surface area contributed by atoms with E-state index in [1.54, 1.807) is 0 Å². The Bertz CT molecular complexity index is 399. The summed E-state index contributed by atoms with van der Waals surface area (Å²) >= 11 is 0. The van der Waals surface area contributed by atoms with E-state index in [-0.39, 0.29) is 11.9 Å². The van der Waals surface area contributed by atoms with Gasteiger partial charge in [-0.3, -0.25) is 4.79 Å². The SMILES string of the molecule is Cc1ccccc1[C@@H](N)CC(=O)NCC1CC1. The van der Waals surface area contributed by atoms with Gasteiger partial charge in [0, 0.05) is 19.0 Å². The molecule has 1 atom stereocenters. The number of amides is 1. The van der Waals surface area contributed by atoms with Crippen molar-refractivity contribution in [2.45, 2.75) is 32.2 Å². The van der Waals surface area contributed by atoms with Gasteiger partial charge in [0.15, 0.2) is 0 Å². The van der Waals surface area contributed by atoms with Gasteiger partial charge in [-0.15, -0.1) is 0 Å².